The summed E-state index contributed by atoms with van der Waals surface area (Å²) in [7, 11) is 2.87. The van der Waals surface area contributed by atoms with Crippen molar-refractivity contribution in [3.8, 4) is 0 Å². The van der Waals surface area contributed by atoms with Gasteiger partial charge in [0.1, 0.15) is 0 Å². The van der Waals surface area contributed by atoms with Gasteiger partial charge in [0.2, 0.25) is 0 Å². The van der Waals surface area contributed by atoms with Crippen molar-refractivity contribution < 1.29 is 19.1 Å². The van der Waals surface area contributed by atoms with E-state index in [1.54, 1.807) is 0 Å². The Hall–Kier alpha value is -3.02. The minimum Gasteiger partial charge on any atom is -0.465 e. The molecule has 2 aromatic carbocycles. The largest absolute Gasteiger partial charge is 0.465 e. The highest BCUT2D eigenvalue weighted by molar-refractivity contribution is 5.90. The van der Waals surface area contributed by atoms with E-state index in [-0.39, 0.29) is 11.9 Å². The molecule has 6 nitrogen and oxygen atoms in total. The SMILES string of the molecule is COC(=O)c1ccc(N[C@H]2CC[C@@]3(C)[C@H](C2)C[C@@H](Nc2ccc(C(=O)OC)cc2)[C@@H]2[C@@H]3CC[C@]3(C)[C@@H]([C@H](C)CCCC(C)C)CC[C@@H]23)cc1. The van der Waals surface area contributed by atoms with Gasteiger partial charge in [0.15, 0.2) is 0 Å². The summed E-state index contributed by atoms with van der Waals surface area (Å²) in [6.45, 7) is 12.6. The van der Waals surface area contributed by atoms with Crippen LogP contribution >= 0.6 is 0 Å². The highest BCUT2D eigenvalue weighted by Gasteiger charge is 2.63. The molecule has 0 aromatic heterocycles. The quantitative estimate of drug-likeness (QED) is 0.232. The van der Waals surface area contributed by atoms with Crippen LogP contribution in [-0.4, -0.2) is 38.2 Å². The fourth-order valence-electron chi connectivity index (χ4n) is 11.7. The predicted molar refractivity (Wildman–Crippen MR) is 199 cm³/mol. The topological polar surface area (TPSA) is 76.7 Å². The third-order valence-electron chi connectivity index (χ3n) is 14.3. The van der Waals surface area contributed by atoms with Gasteiger partial charge in [-0.3, -0.25) is 0 Å². The summed E-state index contributed by atoms with van der Waals surface area (Å²) in [4.78, 5) is 24.2. The van der Waals surface area contributed by atoms with Crippen LogP contribution in [0.4, 0.5) is 11.4 Å². The zero-order chi connectivity index (χ0) is 34.9. The number of methoxy groups -OCH3 is 2. The minimum absolute atomic E-state index is 0.289. The van der Waals surface area contributed by atoms with Gasteiger partial charge in [-0.1, -0.05) is 53.9 Å². The van der Waals surface area contributed by atoms with Gasteiger partial charge in [-0.15, -0.1) is 0 Å². The number of fused-ring (bicyclic) bond motifs is 5. The third kappa shape index (κ3) is 7.13. The van der Waals surface area contributed by atoms with Crippen LogP contribution in [0.2, 0.25) is 0 Å². The van der Waals surface area contributed by atoms with E-state index < -0.39 is 0 Å². The van der Waals surface area contributed by atoms with Crippen LogP contribution in [0, 0.1) is 52.3 Å². The Bertz CT molecular complexity index is 1440. The Labute approximate surface area is 295 Å². The third-order valence-corrected chi connectivity index (χ3v) is 14.3. The summed E-state index contributed by atoms with van der Waals surface area (Å²) in [5.41, 5.74) is 4.11. The molecule has 0 amide bonds. The van der Waals surface area contributed by atoms with E-state index in [1.165, 1.54) is 78.4 Å². The lowest BCUT2D eigenvalue weighted by atomic mass is 9.43. The van der Waals surface area contributed by atoms with Crippen molar-refractivity contribution in [3.05, 3.63) is 59.7 Å². The van der Waals surface area contributed by atoms with Crippen LogP contribution < -0.4 is 10.6 Å². The minimum atomic E-state index is -0.298. The Morgan fingerprint density at radius 1 is 0.735 bits per heavy atom. The van der Waals surface area contributed by atoms with Crippen molar-refractivity contribution in [1.29, 1.82) is 0 Å². The highest BCUT2D eigenvalue weighted by Crippen LogP contribution is 2.68. The van der Waals surface area contributed by atoms with Crippen molar-refractivity contribution in [3.63, 3.8) is 0 Å². The lowest BCUT2D eigenvalue weighted by molar-refractivity contribution is -0.120. The van der Waals surface area contributed by atoms with E-state index in [2.05, 4.69) is 57.4 Å². The molecule has 6 rings (SSSR count). The van der Waals surface area contributed by atoms with Crippen LogP contribution in [-0.2, 0) is 9.47 Å². The Kier molecular flexibility index (Phi) is 10.7. The summed E-state index contributed by atoms with van der Waals surface area (Å²) < 4.78 is 9.88. The Morgan fingerprint density at radius 3 is 1.90 bits per heavy atom. The molecule has 4 saturated carbocycles. The van der Waals surface area contributed by atoms with E-state index in [1.807, 2.05) is 36.4 Å². The smallest absolute Gasteiger partial charge is 0.337 e. The average Bonchev–Trinajstić information content (AvgIpc) is 3.45. The first-order valence-electron chi connectivity index (χ1n) is 19.4. The second-order valence-corrected chi connectivity index (χ2v) is 17.3. The predicted octanol–water partition coefficient (Wildman–Crippen LogP) is 10.3. The number of carbonyl (C=O) groups is 2. The molecule has 0 saturated heterocycles. The van der Waals surface area contributed by atoms with Crippen molar-refractivity contribution in [2.45, 2.75) is 117 Å². The van der Waals surface area contributed by atoms with Crippen LogP contribution in [0.15, 0.2) is 48.5 Å². The molecule has 0 spiro atoms. The second-order valence-electron chi connectivity index (χ2n) is 17.3. The number of esters is 2. The number of carbonyl (C=O) groups excluding carboxylic acids is 2. The lowest BCUT2D eigenvalue weighted by Crippen LogP contribution is -2.60. The summed E-state index contributed by atoms with van der Waals surface area (Å²) >= 11 is 0. The molecule has 0 aliphatic heterocycles. The summed E-state index contributed by atoms with van der Waals surface area (Å²) in [6.07, 6.45) is 14.3. The van der Waals surface area contributed by atoms with Crippen LogP contribution in [0.25, 0.3) is 0 Å². The first-order chi connectivity index (χ1) is 23.5. The number of hydrogen-bond donors (Lipinski definition) is 2. The van der Waals surface area contributed by atoms with Crippen molar-refractivity contribution >= 4 is 23.3 Å². The zero-order valence-electron chi connectivity index (χ0n) is 31.2. The standard InChI is InChI=1S/C43H62N2O4/c1-27(2)9-8-10-28(3)35-19-20-36-39-37(22-24-43(35,36)5)42(4)23-21-34(44-32-15-11-29(12-16-32)40(46)48-6)25-31(42)26-38(39)45-33-17-13-30(14-18-33)41(47)49-7/h11-18,27-28,31,34-39,44-45H,8-10,19-26H2,1-7H3/t28-,31-,34+,35-,36+,37+,38-,39+,42+,43-/m1/s1. The molecule has 6 heteroatoms. The van der Waals surface area contributed by atoms with Gasteiger partial charge in [0.05, 0.1) is 25.3 Å². The molecule has 0 radical (unpaired) electrons. The summed E-state index contributed by atoms with van der Waals surface area (Å²) in [5, 5.41) is 7.95. The molecule has 0 unspecified atom stereocenters. The fraction of sp³-hybridized carbons (Fsp3) is 0.674. The van der Waals surface area contributed by atoms with Crippen LogP contribution in [0.5, 0.6) is 0 Å². The fourth-order valence-corrected chi connectivity index (χ4v) is 11.7. The molecule has 0 heterocycles. The van der Waals surface area contributed by atoms with Crippen molar-refractivity contribution in [1.82, 2.24) is 0 Å². The summed E-state index contributed by atoms with van der Waals surface area (Å²) in [6, 6.07) is 16.5. The van der Waals surface area contributed by atoms with Gasteiger partial charge in [-0.25, -0.2) is 9.59 Å². The molecular weight excluding hydrogens is 608 g/mol. The molecule has 49 heavy (non-hydrogen) atoms. The van der Waals surface area contributed by atoms with Gasteiger partial charge >= 0.3 is 11.9 Å². The zero-order valence-corrected chi connectivity index (χ0v) is 31.2. The first-order valence-corrected chi connectivity index (χ1v) is 19.4. The first kappa shape index (κ1) is 35.8. The van der Waals surface area contributed by atoms with E-state index in [4.69, 9.17) is 9.47 Å². The van der Waals surface area contributed by atoms with Crippen molar-refractivity contribution in [2.75, 3.05) is 24.9 Å². The maximum absolute atomic E-state index is 12.2. The Balaban J connectivity index is 1.24. The molecular formula is C43H62N2O4. The molecule has 2 aromatic rings. The molecule has 4 fully saturated rings. The second kappa shape index (κ2) is 14.7. The number of hydrogen-bond acceptors (Lipinski definition) is 6. The molecule has 268 valence electrons. The molecule has 10 atom stereocenters. The average molecular weight is 671 g/mol. The van der Waals surface area contributed by atoms with Crippen LogP contribution in [0.1, 0.15) is 126 Å². The molecule has 4 aliphatic rings. The number of ether oxygens (including phenoxy) is 2. The normalized spacial score (nSPS) is 34.2. The number of benzene rings is 2. The van der Waals surface area contributed by atoms with Gasteiger partial charge < -0.3 is 20.1 Å². The molecule has 4 aliphatic carbocycles. The van der Waals surface area contributed by atoms with Gasteiger partial charge in [-0.05, 0) is 152 Å². The van der Waals surface area contributed by atoms with Crippen molar-refractivity contribution in [2.24, 2.45) is 52.3 Å². The van der Waals surface area contributed by atoms with E-state index in [0.29, 0.717) is 51.8 Å². The number of nitrogens with one attached hydrogen (secondary N) is 2. The van der Waals surface area contributed by atoms with Gasteiger partial charge in [-0.2, -0.15) is 0 Å². The number of rotatable bonds is 11. The lowest BCUT2D eigenvalue weighted by Gasteiger charge is -2.63. The van der Waals surface area contributed by atoms with E-state index in [0.717, 1.165) is 41.5 Å². The Morgan fingerprint density at radius 2 is 1.31 bits per heavy atom. The summed E-state index contributed by atoms with van der Waals surface area (Å²) in [5.74, 6) is 4.55. The number of anilines is 2. The van der Waals surface area contributed by atoms with Gasteiger partial charge in [0, 0.05) is 23.5 Å². The highest BCUT2D eigenvalue weighted by atomic mass is 16.5. The molecule has 2 N–H and O–H groups in total. The van der Waals surface area contributed by atoms with E-state index in [9.17, 15) is 9.59 Å². The van der Waals surface area contributed by atoms with Gasteiger partial charge in [0.25, 0.3) is 0 Å². The van der Waals surface area contributed by atoms with Crippen LogP contribution in [0.3, 0.4) is 0 Å². The molecule has 0 bridgehead atoms. The maximum Gasteiger partial charge on any atom is 0.337 e. The maximum atomic E-state index is 12.2. The monoisotopic (exact) mass is 670 g/mol. The van der Waals surface area contributed by atoms with E-state index >= 15 is 0 Å².